The third-order valence-corrected chi connectivity index (χ3v) is 3.41. The van der Waals surface area contributed by atoms with Crippen LogP contribution in [-0.4, -0.2) is 23.5 Å². The Hall–Kier alpha value is -3.26. The van der Waals surface area contributed by atoms with Crippen molar-refractivity contribution in [1.29, 1.82) is 0 Å². The Kier molecular flexibility index (Phi) is 7.45. The highest BCUT2D eigenvalue weighted by molar-refractivity contribution is 7.80. The van der Waals surface area contributed by atoms with Crippen molar-refractivity contribution in [2.45, 2.75) is 6.92 Å². The molecule has 0 aliphatic carbocycles. The molecule has 0 radical (unpaired) electrons. The van der Waals surface area contributed by atoms with Crippen molar-refractivity contribution in [3.63, 3.8) is 0 Å². The lowest BCUT2D eigenvalue weighted by Gasteiger charge is -2.10. The second kappa shape index (κ2) is 10.0. The van der Waals surface area contributed by atoms with E-state index in [4.69, 9.17) is 17.0 Å². The largest absolute Gasteiger partial charge is 0.484 e. The number of aryl methyl sites for hydroxylation is 1. The van der Waals surface area contributed by atoms with Gasteiger partial charge in [-0.3, -0.25) is 25.8 Å². The lowest BCUT2D eigenvalue weighted by molar-refractivity contribution is -0.123. The maximum atomic E-state index is 12.8. The van der Waals surface area contributed by atoms with Crippen LogP contribution in [0.4, 0.5) is 4.39 Å². The van der Waals surface area contributed by atoms with Crippen LogP contribution in [0.1, 0.15) is 11.1 Å². The summed E-state index contributed by atoms with van der Waals surface area (Å²) >= 11 is 4.91. The second-order valence-corrected chi connectivity index (χ2v) is 5.89. The number of carbonyl (C=O) groups excluding carboxylic acids is 2. The van der Waals surface area contributed by atoms with Crippen LogP contribution < -0.4 is 20.9 Å². The molecule has 27 heavy (non-hydrogen) atoms. The number of carbonyl (C=O) groups is 2. The zero-order chi connectivity index (χ0) is 19.6. The van der Waals surface area contributed by atoms with Gasteiger partial charge in [0, 0.05) is 6.08 Å². The maximum absolute atomic E-state index is 12.8. The van der Waals surface area contributed by atoms with E-state index in [1.54, 1.807) is 12.1 Å². The Labute approximate surface area is 161 Å². The molecule has 8 heteroatoms. The Morgan fingerprint density at radius 2 is 1.89 bits per heavy atom. The molecule has 2 aromatic rings. The first-order valence-corrected chi connectivity index (χ1v) is 8.36. The molecule has 0 aliphatic heterocycles. The number of thiocarbonyl (C=S) groups is 1. The van der Waals surface area contributed by atoms with Gasteiger partial charge < -0.3 is 4.74 Å². The lowest BCUT2D eigenvalue weighted by atomic mass is 10.2. The summed E-state index contributed by atoms with van der Waals surface area (Å²) in [6.45, 7) is 1.71. The Morgan fingerprint density at radius 3 is 2.59 bits per heavy atom. The lowest BCUT2D eigenvalue weighted by Crippen LogP contribution is -2.49. The Morgan fingerprint density at radius 1 is 1.15 bits per heavy atom. The molecule has 2 aromatic carbocycles. The molecule has 6 nitrogen and oxygen atoms in total. The van der Waals surface area contributed by atoms with Crippen LogP contribution in [0.5, 0.6) is 5.75 Å². The molecule has 0 bridgehead atoms. The van der Waals surface area contributed by atoms with Crippen LogP contribution in [0.2, 0.25) is 0 Å². The van der Waals surface area contributed by atoms with E-state index in [0.29, 0.717) is 11.3 Å². The van der Waals surface area contributed by atoms with Crippen LogP contribution in [0.3, 0.4) is 0 Å². The molecule has 0 unspecified atom stereocenters. The van der Waals surface area contributed by atoms with E-state index in [0.717, 1.165) is 5.56 Å². The first-order valence-electron chi connectivity index (χ1n) is 7.95. The van der Waals surface area contributed by atoms with Crippen molar-refractivity contribution in [2.24, 2.45) is 0 Å². The number of benzene rings is 2. The summed E-state index contributed by atoms with van der Waals surface area (Å²) in [5, 5.41) is 2.29. The second-order valence-electron chi connectivity index (χ2n) is 5.48. The number of hydrazine groups is 1. The standard InChI is InChI=1S/C19H18FN3O3S/c1-13-3-2-4-16(11-13)26-12-18(25)22-23-19(27)21-17(24)10-7-14-5-8-15(20)9-6-14/h2-11H,12H2,1H3,(H,22,25)(H2,21,23,24,27). The minimum atomic E-state index is -0.498. The van der Waals surface area contributed by atoms with Crippen LogP contribution in [0.25, 0.3) is 6.08 Å². The zero-order valence-electron chi connectivity index (χ0n) is 14.5. The average Bonchev–Trinajstić information content (AvgIpc) is 2.64. The maximum Gasteiger partial charge on any atom is 0.276 e. The van der Waals surface area contributed by atoms with Gasteiger partial charge in [0.15, 0.2) is 11.7 Å². The molecule has 0 heterocycles. The molecule has 0 atom stereocenters. The van der Waals surface area contributed by atoms with Crippen molar-refractivity contribution >= 4 is 35.2 Å². The number of ether oxygens (including phenoxy) is 1. The van der Waals surface area contributed by atoms with E-state index in [1.807, 2.05) is 19.1 Å². The molecule has 2 amide bonds. The molecular weight excluding hydrogens is 369 g/mol. The van der Waals surface area contributed by atoms with Crippen molar-refractivity contribution in [3.8, 4) is 5.75 Å². The highest BCUT2D eigenvalue weighted by Crippen LogP contribution is 2.11. The fourth-order valence-electron chi connectivity index (χ4n) is 1.95. The van der Waals surface area contributed by atoms with Gasteiger partial charge in [-0.1, -0.05) is 24.3 Å². The van der Waals surface area contributed by atoms with Gasteiger partial charge in [0.1, 0.15) is 11.6 Å². The minimum absolute atomic E-state index is 0.0762. The van der Waals surface area contributed by atoms with Gasteiger partial charge >= 0.3 is 0 Å². The van der Waals surface area contributed by atoms with Crippen molar-refractivity contribution in [3.05, 3.63) is 71.6 Å². The van der Waals surface area contributed by atoms with E-state index in [2.05, 4.69) is 16.2 Å². The number of hydrogen-bond acceptors (Lipinski definition) is 4. The van der Waals surface area contributed by atoms with E-state index >= 15 is 0 Å². The number of rotatable bonds is 5. The summed E-state index contributed by atoms with van der Waals surface area (Å²) in [7, 11) is 0. The topological polar surface area (TPSA) is 79.5 Å². The zero-order valence-corrected chi connectivity index (χ0v) is 15.3. The number of nitrogens with one attached hydrogen (secondary N) is 3. The normalized spacial score (nSPS) is 10.3. The third kappa shape index (κ3) is 7.66. The molecule has 2 rings (SSSR count). The Balaban J connectivity index is 1.69. The van der Waals surface area contributed by atoms with E-state index < -0.39 is 11.8 Å². The average molecular weight is 387 g/mol. The van der Waals surface area contributed by atoms with Crippen molar-refractivity contribution < 1.29 is 18.7 Å². The number of hydrogen-bond donors (Lipinski definition) is 3. The van der Waals surface area contributed by atoms with Crippen LogP contribution >= 0.6 is 12.2 Å². The summed E-state index contributed by atoms with van der Waals surface area (Å²) in [5.74, 6) is -0.742. The predicted molar refractivity (Wildman–Crippen MR) is 104 cm³/mol. The van der Waals surface area contributed by atoms with E-state index in [1.165, 1.54) is 36.4 Å². The van der Waals surface area contributed by atoms with E-state index in [9.17, 15) is 14.0 Å². The number of amides is 2. The van der Waals surface area contributed by atoms with Crippen molar-refractivity contribution in [2.75, 3.05) is 6.61 Å². The first-order chi connectivity index (χ1) is 12.9. The van der Waals surface area contributed by atoms with Gasteiger partial charge in [0.25, 0.3) is 5.91 Å². The first kappa shape index (κ1) is 20.1. The smallest absolute Gasteiger partial charge is 0.276 e. The highest BCUT2D eigenvalue weighted by Gasteiger charge is 2.05. The minimum Gasteiger partial charge on any atom is -0.484 e. The van der Waals surface area contributed by atoms with Gasteiger partial charge in [-0.15, -0.1) is 0 Å². The summed E-state index contributed by atoms with van der Waals surface area (Å²) in [5.41, 5.74) is 6.40. The fraction of sp³-hybridized carbons (Fsp3) is 0.105. The fourth-order valence-corrected chi connectivity index (χ4v) is 2.10. The molecule has 0 spiro atoms. The van der Waals surface area contributed by atoms with Gasteiger partial charge in [0.2, 0.25) is 5.91 Å². The quantitative estimate of drug-likeness (QED) is 0.417. The molecule has 0 aliphatic rings. The van der Waals surface area contributed by atoms with E-state index in [-0.39, 0.29) is 17.5 Å². The van der Waals surface area contributed by atoms with Crippen LogP contribution in [-0.2, 0) is 9.59 Å². The molecule has 140 valence electrons. The Bertz CT molecular complexity index is 854. The summed E-state index contributed by atoms with van der Waals surface area (Å²) in [4.78, 5) is 23.5. The SMILES string of the molecule is Cc1cccc(OCC(=O)NNC(=S)NC(=O)C=Cc2ccc(F)cc2)c1. The molecule has 0 saturated heterocycles. The van der Waals surface area contributed by atoms with Crippen LogP contribution in [0, 0.1) is 12.7 Å². The molecule has 0 saturated carbocycles. The van der Waals surface area contributed by atoms with Gasteiger partial charge in [-0.2, -0.15) is 0 Å². The highest BCUT2D eigenvalue weighted by atomic mass is 32.1. The van der Waals surface area contributed by atoms with Gasteiger partial charge in [-0.05, 0) is 60.6 Å². The molecular formula is C19H18FN3O3S. The number of halogens is 1. The molecule has 0 aromatic heterocycles. The monoisotopic (exact) mass is 387 g/mol. The third-order valence-electron chi connectivity index (χ3n) is 3.21. The summed E-state index contributed by atoms with van der Waals surface area (Å²) in [6.07, 6.45) is 2.75. The van der Waals surface area contributed by atoms with Gasteiger partial charge in [0.05, 0.1) is 0 Å². The predicted octanol–water partition coefficient (Wildman–Crippen LogP) is 2.25. The molecule has 3 N–H and O–H groups in total. The van der Waals surface area contributed by atoms with Crippen LogP contribution in [0.15, 0.2) is 54.6 Å². The van der Waals surface area contributed by atoms with Crippen molar-refractivity contribution in [1.82, 2.24) is 16.2 Å². The summed E-state index contributed by atoms with van der Waals surface area (Å²) < 4.78 is 18.1. The van der Waals surface area contributed by atoms with Gasteiger partial charge in [-0.25, -0.2) is 4.39 Å². The summed E-state index contributed by atoms with van der Waals surface area (Å²) in [6, 6.07) is 12.9. The molecule has 0 fully saturated rings.